The van der Waals surface area contributed by atoms with Gasteiger partial charge in [-0.1, -0.05) is 11.6 Å². The Bertz CT molecular complexity index is 349. The van der Waals surface area contributed by atoms with Crippen LogP contribution in [0.4, 0.5) is 4.39 Å². The highest BCUT2D eigenvalue weighted by Gasteiger charge is 2.06. The number of hydrogen-bond donors (Lipinski definition) is 1. The van der Waals surface area contributed by atoms with Crippen LogP contribution in [-0.2, 0) is 4.74 Å². The van der Waals surface area contributed by atoms with Crippen LogP contribution in [0.5, 0.6) is 5.75 Å². The molecule has 0 heterocycles. The summed E-state index contributed by atoms with van der Waals surface area (Å²) in [4.78, 5) is 0. The number of benzene rings is 1. The molecular weight excluding hydrogens is 245 g/mol. The number of ether oxygens (including phenoxy) is 2. The van der Waals surface area contributed by atoms with Gasteiger partial charge < -0.3 is 14.8 Å². The molecule has 0 amide bonds. The largest absolute Gasteiger partial charge is 0.489 e. The zero-order valence-electron chi connectivity index (χ0n) is 10.0. The van der Waals surface area contributed by atoms with E-state index in [1.807, 2.05) is 6.92 Å². The van der Waals surface area contributed by atoms with Crippen LogP contribution in [0.25, 0.3) is 0 Å². The minimum atomic E-state index is -0.440. The van der Waals surface area contributed by atoms with Gasteiger partial charge in [0.05, 0.1) is 11.6 Å². The summed E-state index contributed by atoms with van der Waals surface area (Å²) in [7, 11) is 1.65. The third-order valence-corrected chi connectivity index (χ3v) is 2.43. The molecule has 0 aliphatic rings. The fraction of sp³-hybridized carbons (Fsp3) is 0.500. The van der Waals surface area contributed by atoms with Crippen LogP contribution in [0.3, 0.4) is 0 Å². The van der Waals surface area contributed by atoms with E-state index in [2.05, 4.69) is 5.32 Å². The van der Waals surface area contributed by atoms with Crippen molar-refractivity contribution >= 4 is 11.6 Å². The van der Waals surface area contributed by atoms with E-state index in [-0.39, 0.29) is 11.1 Å². The summed E-state index contributed by atoms with van der Waals surface area (Å²) in [5, 5.41) is 3.25. The van der Waals surface area contributed by atoms with Crippen molar-refractivity contribution in [2.75, 3.05) is 26.8 Å². The molecule has 3 nitrogen and oxygen atoms in total. The lowest BCUT2D eigenvalue weighted by molar-refractivity contribution is 0.184. The van der Waals surface area contributed by atoms with Gasteiger partial charge in [0.15, 0.2) is 0 Å². The highest BCUT2D eigenvalue weighted by Crippen LogP contribution is 2.21. The van der Waals surface area contributed by atoms with Crippen LogP contribution in [0, 0.1) is 5.82 Å². The number of methoxy groups -OCH3 is 1. The molecule has 1 unspecified atom stereocenters. The number of halogens is 2. The Hall–Kier alpha value is -0.840. The molecule has 1 rings (SSSR count). The van der Waals surface area contributed by atoms with E-state index < -0.39 is 5.82 Å². The molecule has 0 fully saturated rings. The number of hydrogen-bond acceptors (Lipinski definition) is 3. The summed E-state index contributed by atoms with van der Waals surface area (Å²) in [6.45, 7) is 4.05. The maximum atomic E-state index is 12.9. The van der Waals surface area contributed by atoms with Gasteiger partial charge in [-0.3, -0.25) is 0 Å². The van der Waals surface area contributed by atoms with E-state index in [1.165, 1.54) is 12.1 Å². The molecule has 0 bridgehead atoms. The van der Waals surface area contributed by atoms with Gasteiger partial charge >= 0.3 is 0 Å². The summed E-state index contributed by atoms with van der Waals surface area (Å²) >= 11 is 5.66. The second kappa shape index (κ2) is 7.48. The predicted octanol–water partition coefficient (Wildman–Crippen LogP) is 2.48. The Balaban J connectivity index is 2.34. The molecule has 0 radical (unpaired) electrons. The molecule has 96 valence electrons. The van der Waals surface area contributed by atoms with Crippen LogP contribution < -0.4 is 10.1 Å². The zero-order chi connectivity index (χ0) is 12.7. The molecule has 1 N–H and O–H groups in total. The SMILES string of the molecule is COCCNCC(C)Oc1ccc(F)c(Cl)c1. The van der Waals surface area contributed by atoms with E-state index >= 15 is 0 Å². The fourth-order valence-electron chi connectivity index (χ4n) is 1.30. The van der Waals surface area contributed by atoms with Crippen molar-refractivity contribution in [1.82, 2.24) is 5.32 Å². The molecule has 1 aromatic carbocycles. The molecule has 1 aromatic rings. The van der Waals surface area contributed by atoms with Crippen molar-refractivity contribution in [3.63, 3.8) is 0 Å². The second-order valence-corrected chi connectivity index (χ2v) is 4.11. The Kier molecular flexibility index (Phi) is 6.26. The lowest BCUT2D eigenvalue weighted by Gasteiger charge is -2.15. The van der Waals surface area contributed by atoms with Gasteiger partial charge in [0.25, 0.3) is 0 Å². The highest BCUT2D eigenvalue weighted by atomic mass is 35.5. The van der Waals surface area contributed by atoms with Gasteiger partial charge in [0.1, 0.15) is 17.7 Å². The van der Waals surface area contributed by atoms with E-state index in [0.29, 0.717) is 18.9 Å². The normalized spacial score (nSPS) is 12.5. The molecular formula is C12H17ClFNO2. The molecule has 0 aromatic heterocycles. The van der Waals surface area contributed by atoms with Crippen molar-refractivity contribution in [3.05, 3.63) is 29.0 Å². The maximum Gasteiger partial charge on any atom is 0.142 e. The molecule has 0 aliphatic heterocycles. The Morgan fingerprint density at radius 1 is 1.47 bits per heavy atom. The Morgan fingerprint density at radius 3 is 2.88 bits per heavy atom. The quantitative estimate of drug-likeness (QED) is 0.765. The van der Waals surface area contributed by atoms with Crippen molar-refractivity contribution in [3.8, 4) is 5.75 Å². The molecule has 5 heteroatoms. The maximum absolute atomic E-state index is 12.9. The number of nitrogens with one attached hydrogen (secondary N) is 1. The van der Waals surface area contributed by atoms with Gasteiger partial charge in [-0.25, -0.2) is 4.39 Å². The third kappa shape index (κ3) is 5.35. The molecule has 0 spiro atoms. The molecule has 1 atom stereocenters. The first-order valence-corrected chi connectivity index (χ1v) is 5.82. The highest BCUT2D eigenvalue weighted by molar-refractivity contribution is 6.30. The Labute approximate surface area is 106 Å². The van der Waals surface area contributed by atoms with Crippen molar-refractivity contribution in [2.45, 2.75) is 13.0 Å². The minimum absolute atomic E-state index is 0.0200. The van der Waals surface area contributed by atoms with Gasteiger partial charge in [-0.15, -0.1) is 0 Å². The topological polar surface area (TPSA) is 30.5 Å². The van der Waals surface area contributed by atoms with Gasteiger partial charge in [-0.2, -0.15) is 0 Å². The lowest BCUT2D eigenvalue weighted by Crippen LogP contribution is -2.31. The monoisotopic (exact) mass is 261 g/mol. The van der Waals surface area contributed by atoms with E-state index in [0.717, 1.165) is 6.54 Å². The van der Waals surface area contributed by atoms with Gasteiger partial charge in [0, 0.05) is 26.3 Å². The molecule has 17 heavy (non-hydrogen) atoms. The zero-order valence-corrected chi connectivity index (χ0v) is 10.8. The van der Waals surface area contributed by atoms with Crippen LogP contribution in [0.2, 0.25) is 5.02 Å². The summed E-state index contributed by atoms with van der Waals surface area (Å²) in [6, 6.07) is 4.33. The lowest BCUT2D eigenvalue weighted by atomic mass is 10.3. The van der Waals surface area contributed by atoms with Crippen LogP contribution >= 0.6 is 11.6 Å². The summed E-state index contributed by atoms with van der Waals surface area (Å²) in [6.07, 6.45) is -0.0200. The standard InChI is InChI=1S/C12H17ClFNO2/c1-9(8-15-5-6-16-2)17-10-3-4-12(14)11(13)7-10/h3-4,7,9,15H,5-6,8H2,1-2H3. The van der Waals surface area contributed by atoms with Crippen LogP contribution in [0.1, 0.15) is 6.92 Å². The average Bonchev–Trinajstić information content (AvgIpc) is 2.30. The Morgan fingerprint density at radius 2 is 2.24 bits per heavy atom. The predicted molar refractivity (Wildman–Crippen MR) is 66.2 cm³/mol. The van der Waals surface area contributed by atoms with Crippen LogP contribution in [-0.4, -0.2) is 32.9 Å². The van der Waals surface area contributed by atoms with E-state index in [1.54, 1.807) is 13.2 Å². The van der Waals surface area contributed by atoms with Gasteiger partial charge in [0.2, 0.25) is 0 Å². The first-order chi connectivity index (χ1) is 8.13. The van der Waals surface area contributed by atoms with Crippen molar-refractivity contribution in [2.24, 2.45) is 0 Å². The summed E-state index contributed by atoms with van der Waals surface area (Å²) < 4.78 is 23.4. The van der Waals surface area contributed by atoms with Gasteiger partial charge in [-0.05, 0) is 19.1 Å². The average molecular weight is 262 g/mol. The van der Waals surface area contributed by atoms with Crippen molar-refractivity contribution < 1.29 is 13.9 Å². The number of rotatable bonds is 7. The van der Waals surface area contributed by atoms with E-state index in [9.17, 15) is 4.39 Å². The summed E-state index contributed by atoms with van der Waals surface area (Å²) in [5.74, 6) is 0.127. The van der Waals surface area contributed by atoms with Crippen molar-refractivity contribution in [1.29, 1.82) is 0 Å². The first kappa shape index (κ1) is 14.2. The van der Waals surface area contributed by atoms with Crippen LogP contribution in [0.15, 0.2) is 18.2 Å². The van der Waals surface area contributed by atoms with E-state index in [4.69, 9.17) is 21.1 Å². The first-order valence-electron chi connectivity index (χ1n) is 5.45. The molecule has 0 saturated heterocycles. The minimum Gasteiger partial charge on any atom is -0.489 e. The molecule has 0 saturated carbocycles. The fourth-order valence-corrected chi connectivity index (χ4v) is 1.47. The molecule has 0 aliphatic carbocycles. The summed E-state index contributed by atoms with van der Waals surface area (Å²) in [5.41, 5.74) is 0. The second-order valence-electron chi connectivity index (χ2n) is 3.70. The smallest absolute Gasteiger partial charge is 0.142 e. The third-order valence-electron chi connectivity index (χ3n) is 2.14.